The van der Waals surface area contributed by atoms with Gasteiger partial charge in [0.2, 0.25) is 5.90 Å². The van der Waals surface area contributed by atoms with Crippen LogP contribution >= 0.6 is 12.2 Å². The van der Waals surface area contributed by atoms with Crippen LogP contribution in [-0.4, -0.2) is 46.4 Å². The first-order chi connectivity index (χ1) is 13.5. The summed E-state index contributed by atoms with van der Waals surface area (Å²) in [5.74, 6) is -0.579. The number of hydrogen-bond acceptors (Lipinski definition) is 6. The van der Waals surface area contributed by atoms with Gasteiger partial charge in [0.1, 0.15) is 17.1 Å². The number of nitrogens with zero attached hydrogens (tertiary/aromatic N) is 2. The lowest BCUT2D eigenvalue weighted by Gasteiger charge is -2.24. The predicted octanol–water partition coefficient (Wildman–Crippen LogP) is 3.27. The van der Waals surface area contributed by atoms with E-state index >= 15 is 0 Å². The zero-order chi connectivity index (χ0) is 19.7. The van der Waals surface area contributed by atoms with E-state index in [0.717, 1.165) is 5.56 Å². The second kappa shape index (κ2) is 7.52. The molecule has 0 aromatic heterocycles. The van der Waals surface area contributed by atoms with E-state index in [1.807, 2.05) is 35.2 Å². The summed E-state index contributed by atoms with van der Waals surface area (Å²) in [6.07, 6.45) is 0.112. The van der Waals surface area contributed by atoms with Crippen LogP contribution in [0.3, 0.4) is 0 Å². The molecule has 0 saturated carbocycles. The molecule has 2 unspecified atom stereocenters. The molecule has 1 saturated heterocycles. The zero-order valence-corrected chi connectivity index (χ0v) is 16.0. The minimum atomic E-state index is -0.486. The molecule has 2 aliphatic heterocycles. The molecule has 0 aliphatic carbocycles. The second-order valence-electron chi connectivity index (χ2n) is 6.66. The van der Waals surface area contributed by atoms with Crippen molar-refractivity contribution in [3.05, 3.63) is 65.7 Å². The van der Waals surface area contributed by atoms with Crippen molar-refractivity contribution < 1.29 is 19.1 Å². The smallest absolute Gasteiger partial charge is 0.344 e. The molecule has 2 aliphatic rings. The van der Waals surface area contributed by atoms with Crippen LogP contribution in [0.5, 0.6) is 0 Å². The number of carbonyl (C=O) groups is 2. The van der Waals surface area contributed by atoms with Crippen LogP contribution in [0.2, 0.25) is 0 Å². The topological polar surface area (TPSA) is 68.2 Å². The number of thiocarbonyl (C=S) groups is 1. The second-order valence-corrected chi connectivity index (χ2v) is 7.05. The molecule has 0 radical (unpaired) electrons. The van der Waals surface area contributed by atoms with Gasteiger partial charge in [-0.05, 0) is 24.3 Å². The first-order valence-corrected chi connectivity index (χ1v) is 9.37. The molecular weight excluding hydrogens is 376 g/mol. The zero-order valence-electron chi connectivity index (χ0n) is 15.2. The minimum Gasteiger partial charge on any atom is -0.461 e. The number of esters is 2. The van der Waals surface area contributed by atoms with E-state index < -0.39 is 5.97 Å². The number of ether oxygens (including phenoxy) is 2. The highest BCUT2D eigenvalue weighted by molar-refractivity contribution is 7.80. The van der Waals surface area contributed by atoms with E-state index in [-0.39, 0.29) is 24.0 Å². The Morgan fingerprint density at radius 3 is 2.57 bits per heavy atom. The highest BCUT2D eigenvalue weighted by atomic mass is 32.1. The Kier molecular flexibility index (Phi) is 4.92. The molecular formula is C21H18N2O4S. The molecule has 0 amide bonds. The molecule has 7 heteroatoms. The van der Waals surface area contributed by atoms with Crippen molar-refractivity contribution in [2.45, 2.75) is 25.5 Å². The van der Waals surface area contributed by atoms with Gasteiger partial charge in [0.15, 0.2) is 0 Å². The molecule has 2 aromatic carbocycles. The largest absolute Gasteiger partial charge is 0.461 e. The number of para-hydroxylation sites is 1. The lowest BCUT2D eigenvalue weighted by Crippen LogP contribution is -2.40. The first kappa shape index (κ1) is 18.3. The monoisotopic (exact) mass is 394 g/mol. The molecule has 4 rings (SSSR count). The lowest BCUT2D eigenvalue weighted by atomic mass is 10.1. The van der Waals surface area contributed by atoms with Gasteiger partial charge in [-0.15, -0.1) is 0 Å². The summed E-state index contributed by atoms with van der Waals surface area (Å²) in [7, 11) is 0. The van der Waals surface area contributed by atoms with Crippen LogP contribution in [0, 0.1) is 0 Å². The molecule has 2 atom stereocenters. The maximum Gasteiger partial charge on any atom is 0.344 e. The minimum absolute atomic E-state index is 0.260. The number of rotatable bonds is 2. The standard InChI is InChI=1S/C21H18N2O4S/c1-13(24)26-15-11-18-19(27-21(25)14-7-3-2-4-8-14)22-17-10-6-5-9-16(17)20(28)23(18)12-15/h2-10,15,18H,11-12H2,1H3. The fourth-order valence-electron chi connectivity index (χ4n) is 3.49. The van der Waals surface area contributed by atoms with E-state index in [0.29, 0.717) is 29.2 Å². The van der Waals surface area contributed by atoms with E-state index in [2.05, 4.69) is 4.99 Å². The lowest BCUT2D eigenvalue weighted by molar-refractivity contribution is -0.145. The van der Waals surface area contributed by atoms with Gasteiger partial charge >= 0.3 is 11.9 Å². The van der Waals surface area contributed by atoms with Crippen molar-refractivity contribution in [2.75, 3.05) is 6.54 Å². The SMILES string of the molecule is CC(=O)OC1CC2C(OC(=O)c3ccccc3)=Nc3ccccc3C(=S)N2C1. The Bertz CT molecular complexity index is 973. The molecule has 0 N–H and O–H groups in total. The van der Waals surface area contributed by atoms with E-state index in [9.17, 15) is 9.59 Å². The van der Waals surface area contributed by atoms with Crippen molar-refractivity contribution in [1.29, 1.82) is 0 Å². The van der Waals surface area contributed by atoms with Crippen LogP contribution in [-0.2, 0) is 14.3 Å². The predicted molar refractivity (Wildman–Crippen MR) is 108 cm³/mol. The van der Waals surface area contributed by atoms with Crippen molar-refractivity contribution in [2.24, 2.45) is 4.99 Å². The average molecular weight is 394 g/mol. The summed E-state index contributed by atoms with van der Waals surface area (Å²) in [5, 5.41) is 0. The number of fused-ring (bicyclic) bond motifs is 2. The van der Waals surface area contributed by atoms with Crippen LogP contribution in [0.1, 0.15) is 29.3 Å². The summed E-state index contributed by atoms with van der Waals surface area (Å²) in [6, 6.07) is 15.8. The van der Waals surface area contributed by atoms with Crippen LogP contribution in [0.4, 0.5) is 5.69 Å². The fourth-order valence-corrected chi connectivity index (χ4v) is 3.87. The highest BCUT2D eigenvalue weighted by Crippen LogP contribution is 2.33. The Labute approximate surface area is 167 Å². The average Bonchev–Trinajstić information content (AvgIpc) is 3.07. The van der Waals surface area contributed by atoms with Crippen molar-refractivity contribution in [3.8, 4) is 0 Å². The van der Waals surface area contributed by atoms with Crippen LogP contribution < -0.4 is 0 Å². The van der Waals surface area contributed by atoms with Crippen LogP contribution in [0.15, 0.2) is 59.6 Å². The van der Waals surface area contributed by atoms with E-state index in [1.165, 1.54) is 6.92 Å². The summed E-state index contributed by atoms with van der Waals surface area (Å²) in [6.45, 7) is 1.81. The Morgan fingerprint density at radius 2 is 1.82 bits per heavy atom. The van der Waals surface area contributed by atoms with Gasteiger partial charge in [0, 0.05) is 18.9 Å². The molecule has 0 spiro atoms. The third-order valence-electron chi connectivity index (χ3n) is 4.71. The van der Waals surface area contributed by atoms with E-state index in [4.69, 9.17) is 21.7 Å². The number of aliphatic imine (C=N–C) groups is 1. The fraction of sp³-hybridized carbons (Fsp3) is 0.238. The highest BCUT2D eigenvalue weighted by Gasteiger charge is 2.42. The third kappa shape index (κ3) is 3.53. The van der Waals surface area contributed by atoms with Crippen LogP contribution in [0.25, 0.3) is 0 Å². The summed E-state index contributed by atoms with van der Waals surface area (Å²) < 4.78 is 11.1. The molecule has 2 heterocycles. The van der Waals surface area contributed by atoms with Gasteiger partial charge in [-0.1, -0.05) is 42.5 Å². The van der Waals surface area contributed by atoms with Crippen molar-refractivity contribution in [1.82, 2.24) is 4.90 Å². The third-order valence-corrected chi connectivity index (χ3v) is 5.17. The molecule has 0 bridgehead atoms. The maximum absolute atomic E-state index is 12.6. The molecule has 2 aromatic rings. The van der Waals surface area contributed by atoms with Gasteiger partial charge in [-0.3, -0.25) is 4.79 Å². The van der Waals surface area contributed by atoms with Gasteiger partial charge in [-0.25, -0.2) is 9.79 Å². The maximum atomic E-state index is 12.6. The van der Waals surface area contributed by atoms with Gasteiger partial charge in [0.05, 0.1) is 17.8 Å². The molecule has 28 heavy (non-hydrogen) atoms. The Morgan fingerprint density at radius 1 is 1.11 bits per heavy atom. The summed E-state index contributed by atoms with van der Waals surface area (Å²) >= 11 is 5.68. The van der Waals surface area contributed by atoms with Gasteiger partial charge < -0.3 is 14.4 Å². The quantitative estimate of drug-likeness (QED) is 0.575. The van der Waals surface area contributed by atoms with Crippen molar-refractivity contribution in [3.63, 3.8) is 0 Å². The molecule has 142 valence electrons. The first-order valence-electron chi connectivity index (χ1n) is 8.96. The summed E-state index contributed by atoms with van der Waals surface area (Å²) in [5.41, 5.74) is 1.88. The molecule has 1 fully saturated rings. The van der Waals surface area contributed by atoms with Gasteiger partial charge in [-0.2, -0.15) is 0 Å². The van der Waals surface area contributed by atoms with Gasteiger partial charge in [0.25, 0.3) is 0 Å². The number of carbonyl (C=O) groups excluding carboxylic acids is 2. The Hall–Kier alpha value is -3.06. The number of benzene rings is 2. The normalized spacial score (nSPS) is 20.5. The van der Waals surface area contributed by atoms with E-state index in [1.54, 1.807) is 24.3 Å². The van der Waals surface area contributed by atoms with Crippen molar-refractivity contribution >= 4 is 40.7 Å². The number of hydrogen-bond donors (Lipinski definition) is 0. The molecule has 6 nitrogen and oxygen atoms in total. The Balaban J connectivity index is 1.70. The summed E-state index contributed by atoms with van der Waals surface area (Å²) in [4.78, 5) is 31.2.